The summed E-state index contributed by atoms with van der Waals surface area (Å²) in [5.74, 6) is 0. The molecule has 0 N–H and O–H groups in total. The highest BCUT2D eigenvalue weighted by atomic mass is 31.0. The van der Waals surface area contributed by atoms with Crippen LogP contribution in [0.2, 0.25) is 0 Å². The maximum atomic E-state index is 2.42. The smallest absolute Gasteiger partial charge is 0.0500 e. The summed E-state index contributed by atoms with van der Waals surface area (Å²) in [6, 6.07) is 0. The summed E-state index contributed by atoms with van der Waals surface area (Å²) in [6.45, 7) is 1.92. The molecule has 0 aliphatic rings. The van der Waals surface area contributed by atoms with E-state index in [-0.39, 0.29) is 14.9 Å². The van der Waals surface area contributed by atoms with Gasteiger partial charge in [0.25, 0.3) is 0 Å². The highest BCUT2D eigenvalue weighted by Crippen LogP contribution is 1.46. The van der Waals surface area contributed by atoms with Crippen LogP contribution in [-0.2, 0) is 0 Å². The zero-order chi connectivity index (χ0) is 2.00. The molecule has 0 bridgehead atoms. The van der Waals surface area contributed by atoms with Crippen molar-refractivity contribution in [2.24, 2.45) is 0 Å². The molecule has 4 heavy (non-hydrogen) atoms. The van der Waals surface area contributed by atoms with Crippen molar-refractivity contribution < 1.29 is 0 Å². The predicted octanol–water partition coefficient (Wildman–Crippen LogP) is 1.76. The summed E-state index contributed by atoms with van der Waals surface area (Å²) in [5, 5.41) is 0. The molecule has 1 heteroatoms. The lowest BCUT2D eigenvalue weighted by atomic mass is 12.0. The third-order valence-corrected chi connectivity index (χ3v) is 0. The van der Waals surface area contributed by atoms with E-state index < -0.39 is 0 Å². The minimum absolute atomic E-state index is 0. The molecule has 0 radical (unpaired) electrons. The van der Waals surface area contributed by atoms with Crippen LogP contribution in [0.3, 0.4) is 0 Å². The maximum Gasteiger partial charge on any atom is -0.0500 e. The van der Waals surface area contributed by atoms with Crippen molar-refractivity contribution in [3.05, 3.63) is 0 Å². The molecule has 0 amide bonds. The van der Waals surface area contributed by atoms with Crippen molar-refractivity contribution in [2.75, 3.05) is 6.66 Å². The van der Waals surface area contributed by atoms with Gasteiger partial charge in [-0.3, -0.25) is 0 Å². The topological polar surface area (TPSA) is 0 Å². The van der Waals surface area contributed by atoms with Crippen LogP contribution < -0.4 is 0 Å². The van der Waals surface area contributed by atoms with E-state index >= 15 is 0 Å². The van der Waals surface area contributed by atoms with Gasteiger partial charge in [-0.05, 0) is 0 Å². The third-order valence-electron chi connectivity index (χ3n) is 0. The van der Waals surface area contributed by atoms with Crippen LogP contribution in [0.1, 0.15) is 14.9 Å². The minimum atomic E-state index is 0. The second kappa shape index (κ2) is 110. The van der Waals surface area contributed by atoms with Crippen LogP contribution in [0.25, 0.3) is 0 Å². The largest absolute Gasteiger partial charge is 0.141 e. The molecule has 0 aliphatic carbocycles. The van der Waals surface area contributed by atoms with Crippen LogP contribution in [0.15, 0.2) is 0 Å². The van der Waals surface area contributed by atoms with Gasteiger partial charge >= 0.3 is 0 Å². The average molecular weight is 80.1 g/mol. The van der Waals surface area contributed by atoms with Crippen LogP contribution in [-0.4, -0.2) is 6.66 Å². The quantitative estimate of drug-likeness (QED) is 0.389. The summed E-state index contributed by atoms with van der Waals surface area (Å²) in [6.07, 6.45) is 0. The molecule has 0 spiro atoms. The molecule has 0 heterocycles. The summed E-state index contributed by atoms with van der Waals surface area (Å²) in [4.78, 5) is 0. The lowest BCUT2D eigenvalue weighted by Crippen LogP contribution is -0.804. The van der Waals surface area contributed by atoms with Crippen LogP contribution in [0.5, 0.6) is 0 Å². The average Bonchev–Trinajstić information content (AvgIpc) is 1.00. The molecule has 0 aliphatic heterocycles. The fourth-order valence-corrected chi connectivity index (χ4v) is 0. The maximum absolute atomic E-state index is 2.42. The van der Waals surface area contributed by atoms with E-state index in [9.17, 15) is 0 Å². The Bertz CT molecular complexity index is 3.25. The molecule has 0 aromatic rings. The van der Waals surface area contributed by atoms with Gasteiger partial charge in [0.15, 0.2) is 0 Å². The summed E-state index contributed by atoms with van der Waals surface area (Å²) < 4.78 is 0. The Morgan fingerprint density at radius 1 is 1.00 bits per heavy atom. The van der Waals surface area contributed by atoms with Crippen LogP contribution in [0, 0.1) is 0 Å². The van der Waals surface area contributed by atoms with Gasteiger partial charge in [-0.25, -0.2) is 0 Å². The number of rotatable bonds is 0. The van der Waals surface area contributed by atoms with Crippen molar-refractivity contribution in [3.8, 4) is 0 Å². The third kappa shape index (κ3) is 26.9. The van der Waals surface area contributed by atoms with E-state index in [2.05, 4.69) is 9.24 Å². The molecule has 0 saturated heterocycles. The zero-order valence-corrected chi connectivity index (χ0v) is 2.73. The Morgan fingerprint density at radius 3 is 1.00 bits per heavy atom. The van der Waals surface area contributed by atoms with E-state index in [0.29, 0.717) is 0 Å². The Kier molecular flexibility index (Phi) is 698. The van der Waals surface area contributed by atoms with Crippen molar-refractivity contribution in [1.29, 1.82) is 0 Å². The molecule has 1 unspecified atom stereocenters. The second-order valence-corrected chi connectivity index (χ2v) is 0. The summed E-state index contributed by atoms with van der Waals surface area (Å²) >= 11 is 0. The van der Waals surface area contributed by atoms with Gasteiger partial charge in [-0.15, -0.1) is 9.24 Å². The zero-order valence-electron chi connectivity index (χ0n) is 1.58. The first-order valence-corrected chi connectivity index (χ1v) is 1.73. The SMILES string of the molecule is C.C.CP. The predicted molar refractivity (Wildman–Crippen MR) is 29.1 cm³/mol. The minimum Gasteiger partial charge on any atom is -0.141 e. The molecule has 0 aromatic heterocycles. The fourth-order valence-electron chi connectivity index (χ4n) is 0. The normalized spacial score (nSPS) is 1.50. The second-order valence-electron chi connectivity index (χ2n) is 0. The van der Waals surface area contributed by atoms with Gasteiger partial charge in [0.1, 0.15) is 0 Å². The summed E-state index contributed by atoms with van der Waals surface area (Å²) in [5.41, 5.74) is 0. The molecule has 0 nitrogen and oxygen atoms in total. The molecule has 30 valence electrons. The van der Waals surface area contributed by atoms with Gasteiger partial charge in [-0.1, -0.05) is 21.5 Å². The van der Waals surface area contributed by atoms with Gasteiger partial charge in [0, 0.05) is 0 Å². The molecule has 0 aromatic carbocycles. The van der Waals surface area contributed by atoms with Crippen molar-refractivity contribution >= 4 is 9.24 Å². The lowest BCUT2D eigenvalue weighted by molar-refractivity contribution is 2.50. The molecular formula is C3H13P. The standard InChI is InChI=1S/CH5P.2CH4/c1-2;;/h2H2,1H3;2*1H4. The van der Waals surface area contributed by atoms with E-state index in [1.165, 1.54) is 0 Å². The van der Waals surface area contributed by atoms with Crippen LogP contribution >= 0.6 is 9.24 Å². The van der Waals surface area contributed by atoms with Crippen molar-refractivity contribution in [3.63, 3.8) is 0 Å². The van der Waals surface area contributed by atoms with Crippen molar-refractivity contribution in [2.45, 2.75) is 14.9 Å². The van der Waals surface area contributed by atoms with Gasteiger partial charge in [0.05, 0.1) is 0 Å². The van der Waals surface area contributed by atoms with Gasteiger partial charge in [-0.2, -0.15) is 0 Å². The molecule has 0 saturated carbocycles. The first kappa shape index (κ1) is 25.5. The van der Waals surface area contributed by atoms with E-state index in [0.717, 1.165) is 0 Å². The van der Waals surface area contributed by atoms with Gasteiger partial charge in [0.2, 0.25) is 0 Å². The highest BCUT2D eigenvalue weighted by molar-refractivity contribution is 7.15. The van der Waals surface area contributed by atoms with E-state index in [4.69, 9.17) is 0 Å². The molecule has 1 atom stereocenters. The Morgan fingerprint density at radius 2 is 1.00 bits per heavy atom. The number of hydrogen-bond donors (Lipinski definition) is 0. The Labute approximate surface area is 31.8 Å². The van der Waals surface area contributed by atoms with E-state index in [1.807, 2.05) is 6.66 Å². The highest BCUT2D eigenvalue weighted by Gasteiger charge is 0.906. The number of hydrogen-bond acceptors (Lipinski definition) is 0. The van der Waals surface area contributed by atoms with Crippen molar-refractivity contribution in [1.82, 2.24) is 0 Å². The van der Waals surface area contributed by atoms with Gasteiger partial charge < -0.3 is 0 Å². The Balaban J connectivity index is -0.00000000500. The monoisotopic (exact) mass is 80.1 g/mol. The fraction of sp³-hybridized carbons (Fsp3) is 1.00. The Hall–Kier alpha value is 0.430. The first-order valence-electron chi connectivity index (χ1n) is 0.577. The lowest BCUT2D eigenvalue weighted by Gasteiger charge is -1.10. The summed E-state index contributed by atoms with van der Waals surface area (Å²) in [7, 11) is 2.42. The van der Waals surface area contributed by atoms with Crippen LogP contribution in [0.4, 0.5) is 0 Å². The molecular weight excluding hydrogens is 67.0 g/mol. The van der Waals surface area contributed by atoms with E-state index in [1.54, 1.807) is 0 Å². The molecule has 0 fully saturated rings. The first-order chi connectivity index (χ1) is 1.00. The molecule has 0 rings (SSSR count).